The summed E-state index contributed by atoms with van der Waals surface area (Å²) in [5.41, 5.74) is 2.70. The maximum Gasteiger partial charge on any atom is 0.161 e. The highest BCUT2D eigenvalue weighted by Crippen LogP contribution is 2.42. The first kappa shape index (κ1) is 12.9. The Labute approximate surface area is 106 Å². The third-order valence-electron chi connectivity index (χ3n) is 3.68. The Balaban J connectivity index is 2.55. The highest BCUT2D eigenvalue weighted by Gasteiger charge is 2.28. The average Bonchev–Trinajstić information content (AvgIpc) is 2.38. The van der Waals surface area contributed by atoms with Crippen LogP contribution in [-0.2, 0) is 0 Å². The number of hydrogen-bond donors (Lipinski definition) is 3. The molecule has 1 aromatic rings. The van der Waals surface area contributed by atoms with Crippen LogP contribution >= 0.6 is 0 Å². The van der Waals surface area contributed by atoms with Crippen LogP contribution in [0.3, 0.4) is 0 Å². The zero-order valence-electron chi connectivity index (χ0n) is 10.6. The molecule has 0 fully saturated rings. The van der Waals surface area contributed by atoms with Crippen molar-refractivity contribution in [1.82, 2.24) is 0 Å². The van der Waals surface area contributed by atoms with Crippen LogP contribution < -0.4 is 4.74 Å². The second-order valence-corrected chi connectivity index (χ2v) is 4.61. The molecule has 4 heteroatoms. The molecule has 18 heavy (non-hydrogen) atoms. The fourth-order valence-corrected chi connectivity index (χ4v) is 2.57. The molecule has 4 nitrogen and oxygen atoms in total. The number of phenolic OH excluding ortho intramolecular Hbond substituents is 1. The Bertz CT molecular complexity index is 479. The van der Waals surface area contributed by atoms with Gasteiger partial charge < -0.3 is 20.1 Å². The van der Waals surface area contributed by atoms with Gasteiger partial charge in [0.25, 0.3) is 0 Å². The first-order valence-electron chi connectivity index (χ1n) is 5.95. The van der Waals surface area contributed by atoms with Gasteiger partial charge in [-0.1, -0.05) is 13.0 Å². The SMILES string of the molecule is COc1cc2c(cc1O)[C@H](C)[C@@H](CO)C(CO)=C2. The van der Waals surface area contributed by atoms with Crippen LogP contribution in [0.1, 0.15) is 24.0 Å². The minimum atomic E-state index is -0.102. The molecular formula is C14H18O4. The molecule has 0 amide bonds. The van der Waals surface area contributed by atoms with Crippen LogP contribution in [0.4, 0.5) is 0 Å². The van der Waals surface area contributed by atoms with Crippen molar-refractivity contribution in [3.8, 4) is 11.5 Å². The third-order valence-corrected chi connectivity index (χ3v) is 3.68. The van der Waals surface area contributed by atoms with Gasteiger partial charge >= 0.3 is 0 Å². The van der Waals surface area contributed by atoms with E-state index in [0.29, 0.717) is 5.75 Å². The molecule has 1 aromatic carbocycles. The number of aromatic hydroxyl groups is 1. The van der Waals surface area contributed by atoms with Crippen molar-refractivity contribution < 1.29 is 20.1 Å². The predicted molar refractivity (Wildman–Crippen MR) is 68.7 cm³/mol. The summed E-state index contributed by atoms with van der Waals surface area (Å²) in [5.74, 6) is 0.460. The van der Waals surface area contributed by atoms with Crippen molar-refractivity contribution in [2.24, 2.45) is 5.92 Å². The maximum absolute atomic E-state index is 9.81. The summed E-state index contributed by atoms with van der Waals surface area (Å²) >= 11 is 0. The van der Waals surface area contributed by atoms with E-state index in [0.717, 1.165) is 16.7 Å². The fraction of sp³-hybridized carbons (Fsp3) is 0.429. The lowest BCUT2D eigenvalue weighted by atomic mass is 9.76. The summed E-state index contributed by atoms with van der Waals surface area (Å²) in [5, 5.41) is 28.6. The predicted octanol–water partition coefficient (Wildman–Crippen LogP) is 1.50. The van der Waals surface area contributed by atoms with Crippen molar-refractivity contribution in [3.05, 3.63) is 28.8 Å². The number of methoxy groups -OCH3 is 1. The minimum absolute atomic E-state index is 0.0141. The highest BCUT2D eigenvalue weighted by molar-refractivity contribution is 5.66. The van der Waals surface area contributed by atoms with Gasteiger partial charge in [0, 0.05) is 5.92 Å². The molecule has 0 aliphatic heterocycles. The lowest BCUT2D eigenvalue weighted by Crippen LogP contribution is -2.22. The van der Waals surface area contributed by atoms with E-state index >= 15 is 0 Å². The summed E-state index contributed by atoms with van der Waals surface area (Å²) in [7, 11) is 1.50. The van der Waals surface area contributed by atoms with E-state index in [1.54, 1.807) is 12.1 Å². The second-order valence-electron chi connectivity index (χ2n) is 4.61. The highest BCUT2D eigenvalue weighted by atomic mass is 16.5. The summed E-state index contributed by atoms with van der Waals surface area (Å²) in [4.78, 5) is 0. The molecular weight excluding hydrogens is 232 g/mol. The first-order chi connectivity index (χ1) is 8.62. The Kier molecular flexibility index (Phi) is 3.59. The molecule has 2 atom stereocenters. The van der Waals surface area contributed by atoms with E-state index in [9.17, 15) is 15.3 Å². The summed E-state index contributed by atoms with van der Waals surface area (Å²) in [6, 6.07) is 3.43. The Hall–Kier alpha value is -1.52. The van der Waals surface area contributed by atoms with E-state index < -0.39 is 0 Å². The van der Waals surface area contributed by atoms with E-state index in [-0.39, 0.29) is 30.8 Å². The average molecular weight is 250 g/mol. The van der Waals surface area contributed by atoms with Crippen LogP contribution in [0.25, 0.3) is 6.08 Å². The third kappa shape index (κ3) is 1.98. The largest absolute Gasteiger partial charge is 0.504 e. The Morgan fingerprint density at radius 2 is 2.00 bits per heavy atom. The van der Waals surface area contributed by atoms with Crippen molar-refractivity contribution >= 4 is 6.08 Å². The number of phenols is 1. The van der Waals surface area contributed by atoms with Crippen molar-refractivity contribution in [2.75, 3.05) is 20.3 Å². The van der Waals surface area contributed by atoms with Crippen LogP contribution in [0.2, 0.25) is 0 Å². The van der Waals surface area contributed by atoms with Crippen molar-refractivity contribution in [2.45, 2.75) is 12.8 Å². The van der Waals surface area contributed by atoms with Gasteiger partial charge in [-0.25, -0.2) is 0 Å². The standard InChI is InChI=1S/C14H18O4/c1-8-11-5-13(17)14(18-2)4-9(11)3-10(6-15)12(8)7-16/h3-5,8,12,15-17H,6-7H2,1-2H3/t8-,12+/m0/s1. The summed E-state index contributed by atoms with van der Waals surface area (Å²) < 4.78 is 5.08. The molecule has 0 aromatic heterocycles. The van der Waals surface area contributed by atoms with Crippen LogP contribution in [-0.4, -0.2) is 35.6 Å². The Morgan fingerprint density at radius 1 is 1.28 bits per heavy atom. The second kappa shape index (κ2) is 5.00. The van der Waals surface area contributed by atoms with Gasteiger partial charge in [-0.3, -0.25) is 0 Å². The van der Waals surface area contributed by atoms with Crippen LogP contribution in [0.15, 0.2) is 17.7 Å². The zero-order valence-corrected chi connectivity index (χ0v) is 10.6. The van der Waals surface area contributed by atoms with Gasteiger partial charge in [-0.2, -0.15) is 0 Å². The van der Waals surface area contributed by atoms with E-state index in [1.807, 2.05) is 13.0 Å². The monoisotopic (exact) mass is 250 g/mol. The number of fused-ring (bicyclic) bond motifs is 1. The summed E-state index contributed by atoms with van der Waals surface area (Å²) in [6.45, 7) is 1.90. The number of aliphatic hydroxyl groups excluding tert-OH is 2. The minimum Gasteiger partial charge on any atom is -0.504 e. The zero-order chi connectivity index (χ0) is 13.3. The van der Waals surface area contributed by atoms with Gasteiger partial charge in [-0.05, 0) is 34.8 Å². The Morgan fingerprint density at radius 3 is 2.56 bits per heavy atom. The fourth-order valence-electron chi connectivity index (χ4n) is 2.57. The molecule has 0 spiro atoms. The topological polar surface area (TPSA) is 69.9 Å². The van der Waals surface area contributed by atoms with Crippen LogP contribution in [0, 0.1) is 5.92 Å². The smallest absolute Gasteiger partial charge is 0.161 e. The molecule has 0 saturated carbocycles. The first-order valence-corrected chi connectivity index (χ1v) is 5.95. The summed E-state index contributed by atoms with van der Waals surface area (Å²) in [6.07, 6.45) is 1.86. The molecule has 2 rings (SSSR count). The van der Waals surface area contributed by atoms with Crippen LogP contribution in [0.5, 0.6) is 11.5 Å². The molecule has 0 radical (unpaired) electrons. The molecule has 98 valence electrons. The van der Waals surface area contributed by atoms with Gasteiger partial charge in [0.1, 0.15) is 0 Å². The molecule has 0 bridgehead atoms. The molecule has 0 heterocycles. The lowest BCUT2D eigenvalue weighted by Gasteiger charge is -2.30. The van der Waals surface area contributed by atoms with E-state index in [2.05, 4.69) is 0 Å². The lowest BCUT2D eigenvalue weighted by molar-refractivity contribution is 0.211. The van der Waals surface area contributed by atoms with Crippen molar-refractivity contribution in [3.63, 3.8) is 0 Å². The number of benzene rings is 1. The molecule has 1 aliphatic carbocycles. The van der Waals surface area contributed by atoms with Gasteiger partial charge in [-0.15, -0.1) is 0 Å². The number of ether oxygens (including phenoxy) is 1. The number of rotatable bonds is 3. The van der Waals surface area contributed by atoms with E-state index in [1.165, 1.54) is 7.11 Å². The molecule has 0 saturated heterocycles. The van der Waals surface area contributed by atoms with Gasteiger partial charge in [0.15, 0.2) is 11.5 Å². The quantitative estimate of drug-likeness (QED) is 0.760. The van der Waals surface area contributed by atoms with Gasteiger partial charge in [0.2, 0.25) is 0 Å². The molecule has 0 unspecified atom stereocenters. The van der Waals surface area contributed by atoms with Gasteiger partial charge in [0.05, 0.1) is 20.3 Å². The number of aliphatic hydroxyl groups is 2. The maximum atomic E-state index is 9.81. The molecule has 1 aliphatic rings. The van der Waals surface area contributed by atoms with E-state index in [4.69, 9.17) is 4.74 Å². The molecule has 3 N–H and O–H groups in total. The number of hydrogen-bond acceptors (Lipinski definition) is 4. The normalized spacial score (nSPS) is 22.3. The van der Waals surface area contributed by atoms with Crippen molar-refractivity contribution in [1.29, 1.82) is 0 Å².